The van der Waals surface area contributed by atoms with Crippen LogP contribution in [0, 0.1) is 5.92 Å². The Bertz CT molecular complexity index is 284. The Kier molecular flexibility index (Phi) is 9.16. The molecule has 0 aromatic heterocycles. The summed E-state index contributed by atoms with van der Waals surface area (Å²) in [5.41, 5.74) is 0. The Balaban J connectivity index is 4.32. The molecule has 0 aromatic carbocycles. The molecule has 0 saturated carbocycles. The lowest BCUT2D eigenvalue weighted by molar-refractivity contribution is -0.142. The van der Waals surface area contributed by atoms with Gasteiger partial charge in [-0.15, -0.1) is 0 Å². The largest absolute Gasteiger partial charge is 0.481 e. The highest BCUT2D eigenvalue weighted by Gasteiger charge is 2.18. The predicted molar refractivity (Wildman–Crippen MR) is 73.0 cm³/mol. The Hall–Kier alpha value is -1.14. The molecule has 0 aromatic rings. The van der Waals surface area contributed by atoms with Gasteiger partial charge in [-0.3, -0.25) is 14.5 Å². The maximum Gasteiger partial charge on any atom is 0.307 e. The van der Waals surface area contributed by atoms with Gasteiger partial charge in [-0.2, -0.15) is 0 Å². The molecular weight excluding hydrogens is 248 g/mol. The number of amides is 1. The average molecular weight is 274 g/mol. The fourth-order valence-corrected chi connectivity index (χ4v) is 1.55. The minimum Gasteiger partial charge on any atom is -0.481 e. The molecular formula is C13H26N2O4. The van der Waals surface area contributed by atoms with Crippen LogP contribution in [0.25, 0.3) is 0 Å². The van der Waals surface area contributed by atoms with E-state index in [2.05, 4.69) is 5.32 Å². The first-order valence-corrected chi connectivity index (χ1v) is 6.64. The van der Waals surface area contributed by atoms with E-state index in [4.69, 9.17) is 9.84 Å². The van der Waals surface area contributed by atoms with Crippen molar-refractivity contribution in [2.75, 3.05) is 33.4 Å². The Morgan fingerprint density at radius 2 is 2.00 bits per heavy atom. The van der Waals surface area contributed by atoms with Gasteiger partial charge in [0.15, 0.2) is 0 Å². The van der Waals surface area contributed by atoms with Gasteiger partial charge >= 0.3 is 5.97 Å². The Morgan fingerprint density at radius 1 is 1.37 bits per heavy atom. The fraction of sp³-hybridized carbons (Fsp3) is 0.846. The molecule has 2 N–H and O–H groups in total. The summed E-state index contributed by atoms with van der Waals surface area (Å²) < 4.78 is 4.98. The maximum absolute atomic E-state index is 11.8. The molecule has 0 heterocycles. The Labute approximate surface area is 115 Å². The maximum atomic E-state index is 11.8. The van der Waals surface area contributed by atoms with E-state index in [1.807, 2.05) is 13.8 Å². The molecule has 6 nitrogen and oxygen atoms in total. The molecule has 112 valence electrons. The van der Waals surface area contributed by atoms with Crippen molar-refractivity contribution < 1.29 is 19.4 Å². The number of methoxy groups -OCH3 is 1. The van der Waals surface area contributed by atoms with E-state index in [-0.39, 0.29) is 18.5 Å². The molecule has 19 heavy (non-hydrogen) atoms. The molecule has 0 rings (SSSR count). The highest BCUT2D eigenvalue weighted by Crippen LogP contribution is 2.01. The summed E-state index contributed by atoms with van der Waals surface area (Å²) >= 11 is 0. The number of carboxylic acid groups (broad SMARTS) is 1. The second-order valence-corrected chi connectivity index (χ2v) is 4.84. The summed E-state index contributed by atoms with van der Waals surface area (Å²) in [7, 11) is 1.58. The van der Waals surface area contributed by atoms with Crippen LogP contribution < -0.4 is 5.32 Å². The minimum absolute atomic E-state index is 0.0805. The van der Waals surface area contributed by atoms with Crippen molar-refractivity contribution in [3.63, 3.8) is 0 Å². The van der Waals surface area contributed by atoms with Crippen LogP contribution in [0.2, 0.25) is 0 Å². The fourth-order valence-electron chi connectivity index (χ4n) is 1.55. The van der Waals surface area contributed by atoms with Crippen LogP contribution in [-0.4, -0.2) is 61.3 Å². The van der Waals surface area contributed by atoms with Gasteiger partial charge in [0.25, 0.3) is 0 Å². The molecule has 2 unspecified atom stereocenters. The van der Waals surface area contributed by atoms with E-state index in [1.54, 1.807) is 18.9 Å². The van der Waals surface area contributed by atoms with Crippen LogP contribution in [0.5, 0.6) is 0 Å². The zero-order valence-corrected chi connectivity index (χ0v) is 12.3. The van der Waals surface area contributed by atoms with Gasteiger partial charge in [0.05, 0.1) is 19.1 Å². The summed E-state index contributed by atoms with van der Waals surface area (Å²) in [6.07, 6.45) is 0.870. The van der Waals surface area contributed by atoms with Crippen LogP contribution in [0.1, 0.15) is 27.2 Å². The minimum atomic E-state index is -0.857. The van der Waals surface area contributed by atoms with Gasteiger partial charge in [-0.1, -0.05) is 13.8 Å². The molecule has 0 aliphatic carbocycles. The van der Waals surface area contributed by atoms with Gasteiger partial charge in [-0.25, -0.2) is 0 Å². The number of nitrogens with zero attached hydrogens (tertiary/aromatic N) is 1. The summed E-state index contributed by atoms with van der Waals surface area (Å²) in [4.78, 5) is 24.5. The van der Waals surface area contributed by atoms with Crippen molar-refractivity contribution in [3.05, 3.63) is 0 Å². The zero-order chi connectivity index (χ0) is 14.8. The molecule has 0 saturated heterocycles. The molecule has 0 spiro atoms. The lowest BCUT2D eigenvalue weighted by Gasteiger charge is -2.24. The van der Waals surface area contributed by atoms with Crippen molar-refractivity contribution in [2.24, 2.45) is 5.92 Å². The first-order valence-electron chi connectivity index (χ1n) is 6.64. The molecule has 2 atom stereocenters. The normalized spacial score (nSPS) is 14.2. The van der Waals surface area contributed by atoms with E-state index in [1.165, 1.54) is 0 Å². The van der Waals surface area contributed by atoms with Gasteiger partial charge in [0.2, 0.25) is 5.91 Å². The van der Waals surface area contributed by atoms with E-state index in [0.29, 0.717) is 19.7 Å². The molecule has 6 heteroatoms. The molecule has 0 bridgehead atoms. The van der Waals surface area contributed by atoms with Crippen molar-refractivity contribution in [3.8, 4) is 0 Å². The highest BCUT2D eigenvalue weighted by atomic mass is 16.5. The molecule has 0 fully saturated rings. The number of hydrogen-bond acceptors (Lipinski definition) is 4. The number of rotatable bonds is 10. The number of ether oxygens (including phenoxy) is 1. The van der Waals surface area contributed by atoms with Gasteiger partial charge < -0.3 is 15.2 Å². The SMILES string of the molecule is CCC(C)NC(=O)CN(CCOC)CC(C)C(=O)O. The van der Waals surface area contributed by atoms with Crippen LogP contribution in [0.15, 0.2) is 0 Å². The number of carboxylic acids is 1. The number of carbonyl (C=O) groups is 2. The van der Waals surface area contributed by atoms with E-state index >= 15 is 0 Å². The van der Waals surface area contributed by atoms with Crippen LogP contribution >= 0.6 is 0 Å². The quantitative estimate of drug-likeness (QED) is 0.609. The lowest BCUT2D eigenvalue weighted by Crippen LogP contribution is -2.44. The lowest BCUT2D eigenvalue weighted by atomic mass is 10.1. The molecule has 0 aliphatic rings. The van der Waals surface area contributed by atoms with Gasteiger partial charge in [0, 0.05) is 26.2 Å². The summed E-state index contributed by atoms with van der Waals surface area (Å²) in [6.45, 7) is 7.13. The number of aliphatic carboxylic acids is 1. The van der Waals surface area contributed by atoms with E-state index in [9.17, 15) is 9.59 Å². The topological polar surface area (TPSA) is 78.9 Å². The number of carbonyl (C=O) groups excluding carboxylic acids is 1. The van der Waals surface area contributed by atoms with Crippen LogP contribution in [-0.2, 0) is 14.3 Å². The van der Waals surface area contributed by atoms with Crippen LogP contribution in [0.3, 0.4) is 0 Å². The van der Waals surface area contributed by atoms with E-state index in [0.717, 1.165) is 6.42 Å². The average Bonchev–Trinajstić information content (AvgIpc) is 2.35. The van der Waals surface area contributed by atoms with E-state index < -0.39 is 11.9 Å². The van der Waals surface area contributed by atoms with Crippen molar-refractivity contribution >= 4 is 11.9 Å². The third-order valence-electron chi connectivity index (χ3n) is 2.95. The summed E-state index contributed by atoms with van der Waals surface area (Å²) in [6, 6.07) is 0.133. The second-order valence-electron chi connectivity index (χ2n) is 4.84. The van der Waals surface area contributed by atoms with Crippen molar-refractivity contribution in [2.45, 2.75) is 33.2 Å². The Morgan fingerprint density at radius 3 is 2.47 bits per heavy atom. The van der Waals surface area contributed by atoms with Gasteiger partial charge in [0.1, 0.15) is 0 Å². The third kappa shape index (κ3) is 8.56. The highest BCUT2D eigenvalue weighted by molar-refractivity contribution is 5.78. The second kappa shape index (κ2) is 9.75. The predicted octanol–water partition coefficient (Wildman–Crippen LogP) is 0.570. The monoisotopic (exact) mass is 274 g/mol. The standard InChI is InChI=1S/C13H26N2O4/c1-5-11(3)14-12(16)9-15(6-7-19-4)8-10(2)13(17)18/h10-11H,5-9H2,1-4H3,(H,14,16)(H,17,18). The third-order valence-corrected chi connectivity index (χ3v) is 2.95. The number of nitrogens with one attached hydrogen (secondary N) is 1. The first-order chi connectivity index (χ1) is 8.90. The van der Waals surface area contributed by atoms with Crippen molar-refractivity contribution in [1.82, 2.24) is 10.2 Å². The molecule has 1 amide bonds. The smallest absolute Gasteiger partial charge is 0.307 e. The van der Waals surface area contributed by atoms with Gasteiger partial charge in [-0.05, 0) is 13.3 Å². The summed E-state index contributed by atoms with van der Waals surface area (Å²) in [5, 5.41) is 11.8. The molecule has 0 aliphatic heterocycles. The van der Waals surface area contributed by atoms with Crippen LogP contribution in [0.4, 0.5) is 0 Å². The van der Waals surface area contributed by atoms with Crippen molar-refractivity contribution in [1.29, 1.82) is 0 Å². The summed E-state index contributed by atoms with van der Waals surface area (Å²) in [5.74, 6) is -1.44. The number of hydrogen-bond donors (Lipinski definition) is 2. The molecule has 0 radical (unpaired) electrons. The first kappa shape index (κ1) is 17.9. The zero-order valence-electron chi connectivity index (χ0n) is 12.3.